The molecule has 4 nitrogen and oxygen atoms in total. The van der Waals surface area contributed by atoms with Crippen LogP contribution in [0.2, 0.25) is 0 Å². The van der Waals surface area contributed by atoms with Crippen molar-refractivity contribution in [3.63, 3.8) is 0 Å². The molecule has 2 rings (SSSR count). The van der Waals surface area contributed by atoms with E-state index in [0.29, 0.717) is 6.42 Å². The van der Waals surface area contributed by atoms with Gasteiger partial charge in [-0.15, -0.1) is 0 Å². The summed E-state index contributed by atoms with van der Waals surface area (Å²) in [7, 11) is 0. The molecule has 0 fully saturated rings. The standard InChI is InChI=1S/C12H13N3O/c13-11(12-8-14-5-6-15-12)7-9-1-3-10(16)4-2-9/h1-6,8,11,16H,7,13H2. The van der Waals surface area contributed by atoms with Gasteiger partial charge in [0.15, 0.2) is 0 Å². The Bertz CT molecular complexity index is 442. The van der Waals surface area contributed by atoms with Crippen LogP contribution in [-0.4, -0.2) is 15.1 Å². The van der Waals surface area contributed by atoms with Crippen LogP contribution in [0.4, 0.5) is 0 Å². The van der Waals surface area contributed by atoms with E-state index in [4.69, 9.17) is 10.8 Å². The first kappa shape index (κ1) is 10.6. The zero-order chi connectivity index (χ0) is 11.4. The van der Waals surface area contributed by atoms with Crippen LogP contribution in [0.5, 0.6) is 5.75 Å². The molecule has 1 atom stereocenters. The summed E-state index contributed by atoms with van der Waals surface area (Å²) in [5.74, 6) is 0.261. The normalized spacial score (nSPS) is 12.3. The summed E-state index contributed by atoms with van der Waals surface area (Å²) >= 11 is 0. The SMILES string of the molecule is NC(Cc1ccc(O)cc1)c1cnccn1. The molecule has 0 saturated heterocycles. The lowest BCUT2D eigenvalue weighted by molar-refractivity contribution is 0.475. The summed E-state index contributed by atoms with van der Waals surface area (Å²) in [6.07, 6.45) is 5.60. The van der Waals surface area contributed by atoms with Gasteiger partial charge in [-0.2, -0.15) is 0 Å². The van der Waals surface area contributed by atoms with Gasteiger partial charge in [0.25, 0.3) is 0 Å². The number of phenolic OH excluding ortho intramolecular Hbond substituents is 1. The van der Waals surface area contributed by atoms with Crippen LogP contribution in [0.15, 0.2) is 42.9 Å². The van der Waals surface area contributed by atoms with E-state index in [1.54, 1.807) is 30.7 Å². The van der Waals surface area contributed by atoms with Crippen LogP contribution in [0.25, 0.3) is 0 Å². The molecule has 16 heavy (non-hydrogen) atoms. The third-order valence-corrected chi connectivity index (χ3v) is 2.36. The Kier molecular flexibility index (Phi) is 3.12. The number of nitrogens with two attached hydrogens (primary N) is 1. The minimum absolute atomic E-state index is 0.168. The lowest BCUT2D eigenvalue weighted by Gasteiger charge is -2.10. The van der Waals surface area contributed by atoms with Gasteiger partial charge in [-0.1, -0.05) is 12.1 Å². The quantitative estimate of drug-likeness (QED) is 0.812. The second-order valence-corrected chi connectivity index (χ2v) is 3.61. The fraction of sp³-hybridized carbons (Fsp3) is 0.167. The van der Waals surface area contributed by atoms with Crippen molar-refractivity contribution in [1.29, 1.82) is 0 Å². The second kappa shape index (κ2) is 4.72. The average molecular weight is 215 g/mol. The Hall–Kier alpha value is -1.94. The second-order valence-electron chi connectivity index (χ2n) is 3.61. The molecule has 0 saturated carbocycles. The van der Waals surface area contributed by atoms with Gasteiger partial charge in [-0.05, 0) is 24.1 Å². The van der Waals surface area contributed by atoms with E-state index >= 15 is 0 Å². The number of benzene rings is 1. The number of hydrogen-bond donors (Lipinski definition) is 2. The van der Waals surface area contributed by atoms with Crippen molar-refractivity contribution >= 4 is 0 Å². The van der Waals surface area contributed by atoms with Crippen molar-refractivity contribution < 1.29 is 5.11 Å². The van der Waals surface area contributed by atoms with Crippen molar-refractivity contribution in [2.75, 3.05) is 0 Å². The summed E-state index contributed by atoms with van der Waals surface area (Å²) in [6.45, 7) is 0. The van der Waals surface area contributed by atoms with Gasteiger partial charge in [-0.3, -0.25) is 9.97 Å². The summed E-state index contributed by atoms with van der Waals surface area (Å²) < 4.78 is 0. The van der Waals surface area contributed by atoms with Crippen LogP contribution in [0, 0.1) is 0 Å². The molecule has 0 amide bonds. The maximum atomic E-state index is 9.15. The summed E-state index contributed by atoms with van der Waals surface area (Å²) in [5, 5.41) is 9.15. The number of aromatic hydroxyl groups is 1. The molecule has 0 spiro atoms. The van der Waals surface area contributed by atoms with Crippen molar-refractivity contribution in [2.24, 2.45) is 5.73 Å². The van der Waals surface area contributed by atoms with Crippen LogP contribution >= 0.6 is 0 Å². The fourth-order valence-corrected chi connectivity index (χ4v) is 1.49. The molecule has 4 heteroatoms. The first-order chi connectivity index (χ1) is 7.75. The highest BCUT2D eigenvalue weighted by molar-refractivity contribution is 5.27. The van der Waals surface area contributed by atoms with Gasteiger partial charge < -0.3 is 10.8 Å². The van der Waals surface area contributed by atoms with E-state index in [9.17, 15) is 0 Å². The molecule has 82 valence electrons. The monoisotopic (exact) mass is 215 g/mol. The first-order valence-electron chi connectivity index (χ1n) is 5.05. The van der Waals surface area contributed by atoms with Crippen LogP contribution < -0.4 is 5.73 Å². The Morgan fingerprint density at radius 3 is 2.56 bits per heavy atom. The van der Waals surface area contributed by atoms with Gasteiger partial charge in [0.1, 0.15) is 5.75 Å². The van der Waals surface area contributed by atoms with Crippen LogP contribution in [0.3, 0.4) is 0 Å². The van der Waals surface area contributed by atoms with Crippen molar-refractivity contribution in [1.82, 2.24) is 9.97 Å². The van der Waals surface area contributed by atoms with Crippen LogP contribution in [0.1, 0.15) is 17.3 Å². The van der Waals surface area contributed by atoms with Gasteiger partial charge in [-0.25, -0.2) is 0 Å². The molecule has 1 heterocycles. The van der Waals surface area contributed by atoms with Crippen molar-refractivity contribution in [2.45, 2.75) is 12.5 Å². The summed E-state index contributed by atoms with van der Waals surface area (Å²) in [5.41, 5.74) is 7.84. The molecule has 1 aromatic heterocycles. The number of rotatable bonds is 3. The summed E-state index contributed by atoms with van der Waals surface area (Å²) in [4.78, 5) is 8.13. The van der Waals surface area contributed by atoms with E-state index in [0.717, 1.165) is 11.3 Å². The van der Waals surface area contributed by atoms with Gasteiger partial charge in [0, 0.05) is 18.6 Å². The molecule has 3 N–H and O–H groups in total. The van der Waals surface area contributed by atoms with E-state index in [1.165, 1.54) is 0 Å². The molecule has 0 aliphatic rings. The molecule has 0 bridgehead atoms. The minimum atomic E-state index is -0.168. The molecule has 1 unspecified atom stereocenters. The third-order valence-electron chi connectivity index (χ3n) is 2.36. The predicted molar refractivity (Wildman–Crippen MR) is 60.8 cm³/mol. The van der Waals surface area contributed by atoms with Gasteiger partial charge >= 0.3 is 0 Å². The number of phenols is 1. The maximum absolute atomic E-state index is 9.15. The number of hydrogen-bond acceptors (Lipinski definition) is 4. The highest BCUT2D eigenvalue weighted by Gasteiger charge is 2.08. The molecule has 0 aliphatic carbocycles. The van der Waals surface area contributed by atoms with E-state index in [-0.39, 0.29) is 11.8 Å². The highest BCUT2D eigenvalue weighted by atomic mass is 16.3. The lowest BCUT2D eigenvalue weighted by atomic mass is 10.0. The van der Waals surface area contributed by atoms with E-state index in [1.807, 2.05) is 12.1 Å². The van der Waals surface area contributed by atoms with Crippen molar-refractivity contribution in [3.05, 3.63) is 54.1 Å². The Morgan fingerprint density at radius 2 is 1.94 bits per heavy atom. The minimum Gasteiger partial charge on any atom is -0.508 e. The zero-order valence-corrected chi connectivity index (χ0v) is 8.74. The summed E-state index contributed by atoms with van der Waals surface area (Å²) in [6, 6.07) is 6.84. The zero-order valence-electron chi connectivity index (χ0n) is 8.74. The smallest absolute Gasteiger partial charge is 0.115 e. The Labute approximate surface area is 93.8 Å². The lowest BCUT2D eigenvalue weighted by Crippen LogP contribution is -2.14. The molecular weight excluding hydrogens is 202 g/mol. The Morgan fingerprint density at radius 1 is 1.19 bits per heavy atom. The number of nitrogens with zero attached hydrogens (tertiary/aromatic N) is 2. The van der Waals surface area contributed by atoms with Gasteiger partial charge in [0.2, 0.25) is 0 Å². The first-order valence-corrected chi connectivity index (χ1v) is 5.05. The third kappa shape index (κ3) is 2.55. The van der Waals surface area contributed by atoms with E-state index < -0.39 is 0 Å². The molecule has 2 aromatic rings. The Balaban J connectivity index is 2.08. The highest BCUT2D eigenvalue weighted by Crippen LogP contribution is 2.15. The largest absolute Gasteiger partial charge is 0.508 e. The maximum Gasteiger partial charge on any atom is 0.115 e. The average Bonchev–Trinajstić information content (AvgIpc) is 2.33. The fourth-order valence-electron chi connectivity index (χ4n) is 1.49. The van der Waals surface area contributed by atoms with Gasteiger partial charge in [0.05, 0.1) is 11.7 Å². The predicted octanol–water partition coefficient (Wildman–Crippen LogP) is 1.42. The molecule has 0 radical (unpaired) electrons. The molecule has 1 aromatic carbocycles. The van der Waals surface area contributed by atoms with E-state index in [2.05, 4.69) is 9.97 Å². The topological polar surface area (TPSA) is 72.0 Å². The molecule has 0 aliphatic heterocycles. The van der Waals surface area contributed by atoms with Crippen molar-refractivity contribution in [3.8, 4) is 5.75 Å². The molecular formula is C12H13N3O. The number of aromatic nitrogens is 2. The van der Waals surface area contributed by atoms with Crippen LogP contribution in [-0.2, 0) is 6.42 Å².